The van der Waals surface area contributed by atoms with E-state index in [1.165, 1.54) is 23.3 Å². The van der Waals surface area contributed by atoms with Crippen LogP contribution < -0.4 is 0 Å². The average Bonchev–Trinajstić information content (AvgIpc) is 3.07. The summed E-state index contributed by atoms with van der Waals surface area (Å²) in [7, 11) is 0. The minimum absolute atomic E-state index is 0.0239. The van der Waals surface area contributed by atoms with E-state index < -0.39 is 4.92 Å². The Kier molecular flexibility index (Phi) is 4.12. The van der Waals surface area contributed by atoms with E-state index in [-0.39, 0.29) is 11.6 Å². The minimum atomic E-state index is -0.433. The van der Waals surface area contributed by atoms with Gasteiger partial charge >= 0.3 is 0 Å². The number of nitro benzene ring substituents is 1. The molecule has 0 fully saturated rings. The van der Waals surface area contributed by atoms with Crippen molar-refractivity contribution in [2.24, 2.45) is 0 Å². The van der Waals surface area contributed by atoms with E-state index in [0.717, 1.165) is 13.0 Å². The fourth-order valence-corrected chi connectivity index (χ4v) is 3.37. The van der Waals surface area contributed by atoms with Gasteiger partial charge in [0.15, 0.2) is 0 Å². The van der Waals surface area contributed by atoms with Crippen LogP contribution in [0.4, 0.5) is 5.69 Å². The normalized spacial score (nSPS) is 13.6. The monoisotopic (exact) mass is 350 g/mol. The second-order valence-corrected chi connectivity index (χ2v) is 6.48. The zero-order valence-electron chi connectivity index (χ0n) is 14.1. The molecule has 0 spiro atoms. The van der Waals surface area contributed by atoms with E-state index in [1.807, 2.05) is 17.0 Å². The Balaban J connectivity index is 1.42. The second kappa shape index (κ2) is 6.59. The van der Waals surface area contributed by atoms with Crippen molar-refractivity contribution >= 4 is 22.6 Å². The van der Waals surface area contributed by atoms with Crippen LogP contribution in [0, 0.1) is 10.1 Å². The highest BCUT2D eigenvalue weighted by atomic mass is 16.6. The number of rotatable bonds is 4. The molecule has 7 nitrogen and oxygen atoms in total. The summed E-state index contributed by atoms with van der Waals surface area (Å²) < 4.78 is 0. The number of fused-ring (bicyclic) bond motifs is 2. The van der Waals surface area contributed by atoms with Gasteiger partial charge in [-0.2, -0.15) is 0 Å². The van der Waals surface area contributed by atoms with Gasteiger partial charge in [0, 0.05) is 38.1 Å². The van der Waals surface area contributed by atoms with E-state index in [4.69, 9.17) is 0 Å². The maximum Gasteiger partial charge on any atom is 0.271 e. The van der Waals surface area contributed by atoms with E-state index in [1.54, 1.807) is 6.07 Å². The third-order valence-corrected chi connectivity index (χ3v) is 4.78. The van der Waals surface area contributed by atoms with Crippen LogP contribution in [0.15, 0.2) is 42.5 Å². The molecule has 4 rings (SSSR count). The Morgan fingerprint density at radius 2 is 2.04 bits per heavy atom. The number of hydrogen-bond donors (Lipinski definition) is 1. The number of benzene rings is 2. The molecule has 1 amide bonds. The van der Waals surface area contributed by atoms with Crippen molar-refractivity contribution in [1.29, 1.82) is 0 Å². The van der Waals surface area contributed by atoms with Crippen LogP contribution in [0.5, 0.6) is 0 Å². The fraction of sp³-hybridized carbons (Fsp3) is 0.263. The van der Waals surface area contributed by atoms with Crippen molar-refractivity contribution in [3.05, 3.63) is 69.5 Å². The molecule has 26 heavy (non-hydrogen) atoms. The highest BCUT2D eigenvalue weighted by Gasteiger charge is 2.20. The van der Waals surface area contributed by atoms with Crippen LogP contribution in [0.3, 0.4) is 0 Å². The number of carbonyl (C=O) groups excluding carboxylic acids is 1. The largest absolute Gasteiger partial charge is 0.342 e. The summed E-state index contributed by atoms with van der Waals surface area (Å²) in [6.07, 6.45) is 1.74. The van der Waals surface area contributed by atoms with Gasteiger partial charge in [0.05, 0.1) is 16.0 Å². The third kappa shape index (κ3) is 3.15. The first-order valence-electron chi connectivity index (χ1n) is 8.58. The van der Waals surface area contributed by atoms with Crippen molar-refractivity contribution in [3.8, 4) is 0 Å². The molecule has 2 heterocycles. The molecule has 2 aromatic carbocycles. The molecule has 0 aliphatic carbocycles. The van der Waals surface area contributed by atoms with Gasteiger partial charge in [0.2, 0.25) is 5.91 Å². The van der Waals surface area contributed by atoms with Gasteiger partial charge in [-0.05, 0) is 23.6 Å². The zero-order valence-corrected chi connectivity index (χ0v) is 14.1. The first-order chi connectivity index (χ1) is 12.6. The van der Waals surface area contributed by atoms with Crippen molar-refractivity contribution < 1.29 is 9.72 Å². The number of aromatic nitrogens is 2. The summed E-state index contributed by atoms with van der Waals surface area (Å²) in [5.74, 6) is 0.775. The van der Waals surface area contributed by atoms with Crippen LogP contribution in [-0.4, -0.2) is 32.2 Å². The van der Waals surface area contributed by atoms with E-state index >= 15 is 0 Å². The van der Waals surface area contributed by atoms with E-state index in [2.05, 4.69) is 22.1 Å². The zero-order chi connectivity index (χ0) is 18.1. The number of amides is 1. The first-order valence-corrected chi connectivity index (χ1v) is 8.58. The average molecular weight is 350 g/mol. The molecule has 1 aliphatic heterocycles. The molecular weight excluding hydrogens is 332 g/mol. The highest BCUT2D eigenvalue weighted by Crippen LogP contribution is 2.21. The number of nitrogens with zero attached hydrogens (tertiary/aromatic N) is 3. The number of non-ortho nitro benzene ring substituents is 1. The smallest absolute Gasteiger partial charge is 0.271 e. The molecule has 1 N–H and O–H groups in total. The topological polar surface area (TPSA) is 92.1 Å². The predicted octanol–water partition coefficient (Wildman–Crippen LogP) is 2.99. The summed E-state index contributed by atoms with van der Waals surface area (Å²) in [4.78, 5) is 32.3. The quantitative estimate of drug-likeness (QED) is 0.578. The first kappa shape index (κ1) is 16.3. The SMILES string of the molecule is O=C(CCc1nc2ccc([N+](=O)[O-])cc2[nH]1)N1CCc2ccccc2C1. The lowest BCUT2D eigenvalue weighted by atomic mass is 9.99. The van der Waals surface area contributed by atoms with Crippen molar-refractivity contribution in [2.75, 3.05) is 6.54 Å². The summed E-state index contributed by atoms with van der Waals surface area (Å²) in [5, 5.41) is 10.9. The maximum absolute atomic E-state index is 12.5. The molecule has 1 aliphatic rings. The molecular formula is C19H18N4O3. The number of imidazole rings is 1. The molecule has 3 aromatic rings. The Bertz CT molecular complexity index is 995. The van der Waals surface area contributed by atoms with Crippen LogP contribution in [0.2, 0.25) is 0 Å². The second-order valence-electron chi connectivity index (χ2n) is 6.48. The van der Waals surface area contributed by atoms with E-state index in [0.29, 0.717) is 36.2 Å². The molecule has 7 heteroatoms. The van der Waals surface area contributed by atoms with Gasteiger partial charge in [-0.1, -0.05) is 24.3 Å². The van der Waals surface area contributed by atoms with Crippen LogP contribution >= 0.6 is 0 Å². The summed E-state index contributed by atoms with van der Waals surface area (Å²) in [6.45, 7) is 1.39. The fourth-order valence-electron chi connectivity index (χ4n) is 3.37. The Morgan fingerprint density at radius 1 is 1.23 bits per heavy atom. The maximum atomic E-state index is 12.5. The summed E-state index contributed by atoms with van der Waals surface area (Å²) in [5.41, 5.74) is 3.84. The Morgan fingerprint density at radius 3 is 2.85 bits per heavy atom. The molecule has 0 atom stereocenters. The predicted molar refractivity (Wildman–Crippen MR) is 96.6 cm³/mol. The van der Waals surface area contributed by atoms with Crippen molar-refractivity contribution in [1.82, 2.24) is 14.9 Å². The van der Waals surface area contributed by atoms with Gasteiger partial charge in [-0.15, -0.1) is 0 Å². The number of aryl methyl sites for hydroxylation is 1. The number of hydrogen-bond acceptors (Lipinski definition) is 4. The lowest BCUT2D eigenvalue weighted by Crippen LogP contribution is -2.36. The van der Waals surface area contributed by atoms with Crippen molar-refractivity contribution in [2.45, 2.75) is 25.8 Å². The lowest BCUT2D eigenvalue weighted by molar-refractivity contribution is -0.384. The van der Waals surface area contributed by atoms with Gasteiger partial charge in [0.25, 0.3) is 5.69 Å². The number of carbonyl (C=O) groups is 1. The standard InChI is InChI=1S/C19H18N4O3/c24-19(22-10-9-13-3-1-2-4-14(13)12-22)8-7-18-20-16-6-5-15(23(25)26)11-17(16)21-18/h1-6,11H,7-10,12H2,(H,20,21). The van der Waals surface area contributed by atoms with Crippen LogP contribution in [0.25, 0.3) is 11.0 Å². The van der Waals surface area contributed by atoms with Gasteiger partial charge in [0.1, 0.15) is 5.82 Å². The number of H-pyrrole nitrogens is 1. The molecule has 0 unspecified atom stereocenters. The highest BCUT2D eigenvalue weighted by molar-refractivity contribution is 5.79. The molecule has 0 saturated heterocycles. The number of nitrogens with one attached hydrogen (secondary N) is 1. The Labute approximate surface area is 149 Å². The van der Waals surface area contributed by atoms with Gasteiger partial charge in [-0.3, -0.25) is 14.9 Å². The van der Waals surface area contributed by atoms with E-state index in [9.17, 15) is 14.9 Å². The molecule has 0 bridgehead atoms. The molecule has 0 saturated carbocycles. The Hall–Kier alpha value is -3.22. The van der Waals surface area contributed by atoms with Gasteiger partial charge < -0.3 is 9.88 Å². The summed E-state index contributed by atoms with van der Waals surface area (Å²) in [6, 6.07) is 12.7. The third-order valence-electron chi connectivity index (χ3n) is 4.78. The van der Waals surface area contributed by atoms with Gasteiger partial charge in [-0.25, -0.2) is 4.98 Å². The van der Waals surface area contributed by atoms with Crippen LogP contribution in [-0.2, 0) is 24.2 Å². The van der Waals surface area contributed by atoms with Crippen molar-refractivity contribution in [3.63, 3.8) is 0 Å². The molecule has 0 radical (unpaired) electrons. The molecule has 1 aromatic heterocycles. The number of aromatic amines is 1. The minimum Gasteiger partial charge on any atom is -0.342 e. The summed E-state index contributed by atoms with van der Waals surface area (Å²) >= 11 is 0. The number of nitro groups is 1. The lowest BCUT2D eigenvalue weighted by Gasteiger charge is -2.28. The molecule has 132 valence electrons. The van der Waals surface area contributed by atoms with Crippen LogP contribution in [0.1, 0.15) is 23.4 Å².